The molecular formula is C31H27N5O4. The first-order chi connectivity index (χ1) is 19.4. The summed E-state index contributed by atoms with van der Waals surface area (Å²) in [5.41, 5.74) is 3.17. The predicted octanol–water partition coefficient (Wildman–Crippen LogP) is 5.75. The van der Waals surface area contributed by atoms with Crippen LogP contribution in [0.2, 0.25) is 0 Å². The van der Waals surface area contributed by atoms with Crippen molar-refractivity contribution in [1.82, 2.24) is 9.97 Å². The van der Waals surface area contributed by atoms with E-state index in [0.29, 0.717) is 40.0 Å². The molecule has 0 radical (unpaired) electrons. The van der Waals surface area contributed by atoms with E-state index in [1.807, 2.05) is 54.6 Å². The molecule has 200 valence electrons. The van der Waals surface area contributed by atoms with Crippen molar-refractivity contribution in [3.05, 3.63) is 114 Å². The number of carbonyl (C=O) groups is 2. The number of aliphatic hydroxyl groups is 1. The Bertz CT molecular complexity index is 1730. The Morgan fingerprint density at radius 3 is 2.52 bits per heavy atom. The highest BCUT2D eigenvalue weighted by atomic mass is 16.5. The number of anilines is 4. The lowest BCUT2D eigenvalue weighted by Gasteiger charge is -2.35. The molecule has 1 unspecified atom stereocenters. The van der Waals surface area contributed by atoms with Crippen LogP contribution in [-0.2, 0) is 10.5 Å². The molecule has 1 aliphatic heterocycles. The fourth-order valence-electron chi connectivity index (χ4n) is 5.31. The number of methoxy groups -OCH3 is 1. The van der Waals surface area contributed by atoms with Gasteiger partial charge in [-0.1, -0.05) is 48.5 Å². The number of aromatic amines is 1. The van der Waals surface area contributed by atoms with Crippen molar-refractivity contribution < 1.29 is 19.4 Å². The van der Waals surface area contributed by atoms with Crippen LogP contribution in [0.15, 0.2) is 97.1 Å². The summed E-state index contributed by atoms with van der Waals surface area (Å²) in [6.07, 6.45) is -0.657. The number of ether oxygens (including phenoxy) is 1. The second-order valence-electron chi connectivity index (χ2n) is 9.39. The first-order valence-electron chi connectivity index (χ1n) is 12.9. The molecule has 2 heterocycles. The zero-order valence-corrected chi connectivity index (χ0v) is 22.0. The van der Waals surface area contributed by atoms with Gasteiger partial charge >= 0.3 is 6.09 Å². The van der Waals surface area contributed by atoms with E-state index in [1.54, 1.807) is 42.5 Å². The van der Waals surface area contributed by atoms with Gasteiger partial charge in [0.05, 0.1) is 18.1 Å². The van der Waals surface area contributed by atoms with E-state index in [9.17, 15) is 14.7 Å². The number of imidazole rings is 1. The summed E-state index contributed by atoms with van der Waals surface area (Å²) in [6.45, 7) is 2.78. The Labute approximate surface area is 230 Å². The molecule has 0 bridgehead atoms. The zero-order valence-electron chi connectivity index (χ0n) is 22.0. The fourth-order valence-corrected chi connectivity index (χ4v) is 5.31. The average molecular weight is 534 g/mol. The standard InChI is InChI=1S/C31H27N5O4/c1-3-35(21-10-5-4-6-11-21)22-12-9-13-23(19-22)36-28(37)24-14-7-8-15-25(24)31(36,39)20-16-17-26-27(18-20)33-29(32-26)34-30(38)40-2/h4-19,39H,3H2,1-2H3,(H2,32,33,34,38). The van der Waals surface area contributed by atoms with Crippen molar-refractivity contribution in [3.8, 4) is 0 Å². The van der Waals surface area contributed by atoms with Crippen LogP contribution >= 0.6 is 0 Å². The van der Waals surface area contributed by atoms with Crippen molar-refractivity contribution >= 4 is 46.0 Å². The summed E-state index contributed by atoms with van der Waals surface area (Å²) >= 11 is 0. The molecule has 1 atom stereocenters. The van der Waals surface area contributed by atoms with Gasteiger partial charge in [-0.05, 0) is 55.5 Å². The number of aromatic nitrogens is 2. The Balaban J connectivity index is 1.47. The molecule has 5 aromatic rings. The van der Waals surface area contributed by atoms with Gasteiger partial charge in [-0.25, -0.2) is 9.78 Å². The lowest BCUT2D eigenvalue weighted by Crippen LogP contribution is -2.45. The van der Waals surface area contributed by atoms with Crippen molar-refractivity contribution in [2.45, 2.75) is 12.6 Å². The van der Waals surface area contributed by atoms with Gasteiger partial charge in [0.2, 0.25) is 5.95 Å². The number of hydrogen-bond acceptors (Lipinski definition) is 6. The van der Waals surface area contributed by atoms with Crippen molar-refractivity contribution in [3.63, 3.8) is 0 Å². The number of H-pyrrole nitrogens is 1. The smallest absolute Gasteiger partial charge is 0.413 e. The molecular weight excluding hydrogens is 506 g/mol. The predicted molar refractivity (Wildman–Crippen MR) is 154 cm³/mol. The summed E-state index contributed by atoms with van der Waals surface area (Å²) in [5.74, 6) is -0.102. The van der Waals surface area contributed by atoms with Crippen LogP contribution in [-0.4, -0.2) is 40.7 Å². The van der Waals surface area contributed by atoms with Crippen LogP contribution in [0.4, 0.5) is 27.8 Å². The van der Waals surface area contributed by atoms with E-state index < -0.39 is 11.8 Å². The minimum absolute atomic E-state index is 0.207. The topological polar surface area (TPSA) is 111 Å². The van der Waals surface area contributed by atoms with Crippen LogP contribution in [0, 0.1) is 0 Å². The minimum Gasteiger partial charge on any atom is -0.453 e. The molecule has 0 saturated heterocycles. The minimum atomic E-state index is -1.80. The second-order valence-corrected chi connectivity index (χ2v) is 9.39. The zero-order chi connectivity index (χ0) is 27.9. The number of fused-ring (bicyclic) bond motifs is 2. The lowest BCUT2D eigenvalue weighted by atomic mass is 9.93. The highest BCUT2D eigenvalue weighted by molar-refractivity contribution is 6.12. The van der Waals surface area contributed by atoms with Gasteiger partial charge in [-0.3, -0.25) is 15.0 Å². The highest BCUT2D eigenvalue weighted by Gasteiger charge is 2.50. The maximum atomic E-state index is 13.9. The number of para-hydroxylation sites is 1. The van der Waals surface area contributed by atoms with Crippen molar-refractivity contribution in [2.24, 2.45) is 0 Å². The third kappa shape index (κ3) is 4.04. The van der Waals surface area contributed by atoms with E-state index >= 15 is 0 Å². The maximum Gasteiger partial charge on any atom is 0.413 e. The van der Waals surface area contributed by atoms with Crippen LogP contribution in [0.1, 0.15) is 28.4 Å². The number of carbonyl (C=O) groups excluding carboxylic acids is 2. The molecule has 9 nitrogen and oxygen atoms in total. The molecule has 4 aromatic carbocycles. The van der Waals surface area contributed by atoms with E-state index in [1.165, 1.54) is 12.0 Å². The van der Waals surface area contributed by atoms with Gasteiger partial charge in [-0.15, -0.1) is 0 Å². The molecule has 0 spiro atoms. The second kappa shape index (κ2) is 9.87. The fraction of sp³-hybridized carbons (Fsp3) is 0.129. The van der Waals surface area contributed by atoms with Crippen molar-refractivity contribution in [2.75, 3.05) is 28.8 Å². The summed E-state index contributed by atoms with van der Waals surface area (Å²) in [6, 6.07) is 29.9. The number of rotatable bonds is 6. The number of nitrogens with one attached hydrogen (secondary N) is 2. The molecule has 3 N–H and O–H groups in total. The summed E-state index contributed by atoms with van der Waals surface area (Å²) < 4.78 is 4.65. The van der Waals surface area contributed by atoms with Gasteiger partial charge in [0.25, 0.3) is 5.91 Å². The number of benzene rings is 4. The van der Waals surface area contributed by atoms with Gasteiger partial charge in [0, 0.05) is 40.3 Å². The summed E-state index contributed by atoms with van der Waals surface area (Å²) in [5, 5.41) is 15.0. The molecule has 1 aromatic heterocycles. The van der Waals surface area contributed by atoms with Crippen LogP contribution in [0.3, 0.4) is 0 Å². The van der Waals surface area contributed by atoms with Gasteiger partial charge in [-0.2, -0.15) is 0 Å². The molecule has 6 rings (SSSR count). The summed E-state index contributed by atoms with van der Waals surface area (Å²) in [7, 11) is 1.27. The number of nitrogens with zero attached hydrogens (tertiary/aromatic N) is 3. The average Bonchev–Trinajstić information content (AvgIpc) is 3.49. The largest absolute Gasteiger partial charge is 0.453 e. The molecule has 40 heavy (non-hydrogen) atoms. The van der Waals surface area contributed by atoms with Crippen LogP contribution in [0.25, 0.3) is 11.0 Å². The van der Waals surface area contributed by atoms with Crippen molar-refractivity contribution in [1.29, 1.82) is 0 Å². The Kier molecular flexibility index (Phi) is 6.20. The van der Waals surface area contributed by atoms with E-state index in [-0.39, 0.29) is 11.9 Å². The molecule has 0 saturated carbocycles. The van der Waals surface area contributed by atoms with Gasteiger partial charge < -0.3 is 19.7 Å². The summed E-state index contributed by atoms with van der Waals surface area (Å²) in [4.78, 5) is 36.5. The molecule has 0 fully saturated rings. The number of hydrogen-bond donors (Lipinski definition) is 3. The van der Waals surface area contributed by atoms with Crippen LogP contribution in [0.5, 0.6) is 0 Å². The Hall–Kier alpha value is -5.15. The van der Waals surface area contributed by atoms with E-state index in [0.717, 1.165) is 11.4 Å². The molecule has 1 aliphatic rings. The third-order valence-electron chi connectivity index (χ3n) is 7.13. The maximum absolute atomic E-state index is 13.9. The Morgan fingerprint density at radius 1 is 1.00 bits per heavy atom. The first kappa shape index (κ1) is 25.1. The first-order valence-corrected chi connectivity index (χ1v) is 12.9. The molecule has 0 aliphatic carbocycles. The third-order valence-corrected chi connectivity index (χ3v) is 7.13. The highest BCUT2D eigenvalue weighted by Crippen LogP contribution is 2.46. The molecule has 2 amide bonds. The van der Waals surface area contributed by atoms with Gasteiger partial charge in [0.15, 0.2) is 5.72 Å². The molecule has 9 heteroatoms. The van der Waals surface area contributed by atoms with Gasteiger partial charge in [0.1, 0.15) is 0 Å². The quantitative estimate of drug-likeness (QED) is 0.256. The lowest BCUT2D eigenvalue weighted by molar-refractivity contribution is 0.0704. The monoisotopic (exact) mass is 533 g/mol. The SMILES string of the molecule is CCN(c1ccccc1)c1cccc(N2C(=O)c3ccccc3C2(O)c2ccc3nc(NC(=O)OC)[nH]c3c2)c1. The number of amides is 2. The Morgan fingerprint density at radius 2 is 1.75 bits per heavy atom. The normalized spacial score (nSPS) is 16.2. The van der Waals surface area contributed by atoms with E-state index in [4.69, 9.17) is 0 Å². The van der Waals surface area contributed by atoms with E-state index in [2.05, 4.69) is 31.8 Å². The van der Waals surface area contributed by atoms with Crippen LogP contribution < -0.4 is 15.1 Å².